The van der Waals surface area contributed by atoms with Gasteiger partial charge in [-0.1, -0.05) is 78.9 Å². The summed E-state index contributed by atoms with van der Waals surface area (Å²) in [6, 6.07) is 31.1. The van der Waals surface area contributed by atoms with Crippen molar-refractivity contribution in [1.82, 2.24) is 4.98 Å². The van der Waals surface area contributed by atoms with Gasteiger partial charge in [-0.3, -0.25) is 0 Å². The lowest BCUT2D eigenvalue weighted by atomic mass is 10.2. The summed E-state index contributed by atoms with van der Waals surface area (Å²) >= 11 is 0. The molecule has 4 aromatic rings. The lowest BCUT2D eigenvalue weighted by Gasteiger charge is -2.18. The van der Waals surface area contributed by atoms with Gasteiger partial charge >= 0.3 is 0 Å². The van der Waals surface area contributed by atoms with Gasteiger partial charge in [0.05, 0.1) is 0 Å². The van der Waals surface area contributed by atoms with Crippen LogP contribution in [0, 0.1) is 0 Å². The van der Waals surface area contributed by atoms with Gasteiger partial charge in [-0.15, -0.1) is 0 Å². The molecular weight excluding hydrogens is 337 g/mol. The number of pyridine rings is 1. The number of benzene rings is 3. The molecular formula is C23H20NOP. The third-order valence-electron chi connectivity index (χ3n) is 4.48. The number of hydrogen-bond donors (Lipinski definition) is 1. The van der Waals surface area contributed by atoms with Crippen LogP contribution < -0.4 is 10.6 Å². The number of fused-ring (bicyclic) bond motifs is 1. The van der Waals surface area contributed by atoms with Crippen LogP contribution in [0.2, 0.25) is 0 Å². The fraction of sp³-hybridized carbons (Fsp3) is 0.0870. The predicted octanol–water partition coefficient (Wildman–Crippen LogP) is 4.62. The Hall–Kier alpha value is -2.70. The van der Waals surface area contributed by atoms with Crippen LogP contribution >= 0.6 is 7.92 Å². The van der Waals surface area contributed by atoms with E-state index in [4.69, 9.17) is 4.98 Å². The van der Waals surface area contributed by atoms with Crippen molar-refractivity contribution in [2.45, 2.75) is 6.42 Å². The van der Waals surface area contributed by atoms with Gasteiger partial charge in [-0.25, -0.2) is 4.98 Å². The molecule has 0 amide bonds. The summed E-state index contributed by atoms with van der Waals surface area (Å²) in [5, 5.41) is 13.8. The zero-order valence-corrected chi connectivity index (χ0v) is 15.3. The summed E-state index contributed by atoms with van der Waals surface area (Å²) < 4.78 is 0. The number of hydrogen-bond acceptors (Lipinski definition) is 2. The van der Waals surface area contributed by atoms with E-state index in [1.165, 1.54) is 10.6 Å². The van der Waals surface area contributed by atoms with Crippen molar-refractivity contribution in [1.29, 1.82) is 0 Å². The molecule has 26 heavy (non-hydrogen) atoms. The van der Waals surface area contributed by atoms with Crippen molar-refractivity contribution >= 4 is 29.4 Å². The monoisotopic (exact) mass is 357 g/mol. The van der Waals surface area contributed by atoms with Crippen LogP contribution in [0.5, 0.6) is 5.75 Å². The Balaban J connectivity index is 1.62. The molecule has 1 aromatic heterocycles. The molecule has 4 rings (SSSR count). The Kier molecular flexibility index (Phi) is 4.95. The van der Waals surface area contributed by atoms with Gasteiger partial charge in [0.15, 0.2) is 0 Å². The standard InChI is InChI=1S/C23H20NOP/c25-22-13-7-8-18-14-15-19(24-23(18)22)16-17-26(20-9-3-1-4-10-20)21-11-5-2-6-12-21/h1-15,25H,16-17H2. The highest BCUT2D eigenvalue weighted by atomic mass is 31.1. The first-order valence-electron chi connectivity index (χ1n) is 8.76. The fourth-order valence-electron chi connectivity index (χ4n) is 3.16. The quantitative estimate of drug-likeness (QED) is 0.529. The third-order valence-corrected chi connectivity index (χ3v) is 7.00. The molecule has 0 saturated carbocycles. The van der Waals surface area contributed by atoms with E-state index >= 15 is 0 Å². The van der Waals surface area contributed by atoms with E-state index in [1.807, 2.05) is 18.2 Å². The Labute approximate surface area is 154 Å². The summed E-state index contributed by atoms with van der Waals surface area (Å²) in [7, 11) is -0.428. The largest absolute Gasteiger partial charge is 0.506 e. The van der Waals surface area contributed by atoms with Crippen molar-refractivity contribution in [3.8, 4) is 5.75 Å². The highest BCUT2D eigenvalue weighted by Gasteiger charge is 2.14. The molecule has 0 bridgehead atoms. The Morgan fingerprint density at radius 2 is 1.35 bits per heavy atom. The molecule has 1 N–H and O–H groups in total. The van der Waals surface area contributed by atoms with E-state index in [9.17, 15) is 5.11 Å². The van der Waals surface area contributed by atoms with E-state index < -0.39 is 7.92 Å². The van der Waals surface area contributed by atoms with Crippen LogP contribution in [0.4, 0.5) is 0 Å². The molecule has 1 heterocycles. The van der Waals surface area contributed by atoms with Crippen LogP contribution in [0.25, 0.3) is 10.9 Å². The lowest BCUT2D eigenvalue weighted by Crippen LogP contribution is -2.15. The minimum absolute atomic E-state index is 0.248. The highest BCUT2D eigenvalue weighted by molar-refractivity contribution is 7.73. The van der Waals surface area contributed by atoms with Crippen LogP contribution in [0.15, 0.2) is 91.0 Å². The van der Waals surface area contributed by atoms with E-state index in [0.29, 0.717) is 5.52 Å². The molecule has 0 atom stereocenters. The molecule has 0 saturated heterocycles. The van der Waals surface area contributed by atoms with Crippen LogP contribution in [0.3, 0.4) is 0 Å². The maximum absolute atomic E-state index is 10.1. The van der Waals surface area contributed by atoms with Gasteiger partial charge in [0.25, 0.3) is 0 Å². The van der Waals surface area contributed by atoms with Gasteiger partial charge in [0, 0.05) is 11.1 Å². The molecule has 128 valence electrons. The topological polar surface area (TPSA) is 33.1 Å². The van der Waals surface area contributed by atoms with Crippen molar-refractivity contribution in [3.63, 3.8) is 0 Å². The average Bonchev–Trinajstić information content (AvgIpc) is 2.70. The number of aromatic hydroxyl groups is 1. The van der Waals surface area contributed by atoms with Crippen molar-refractivity contribution in [2.75, 3.05) is 6.16 Å². The van der Waals surface area contributed by atoms with Crippen LogP contribution in [-0.4, -0.2) is 16.3 Å². The molecule has 0 radical (unpaired) electrons. The Morgan fingerprint density at radius 1 is 0.692 bits per heavy atom. The first kappa shape index (κ1) is 16.8. The zero-order chi connectivity index (χ0) is 17.8. The van der Waals surface area contributed by atoms with Gasteiger partial charge in [0.2, 0.25) is 0 Å². The second-order valence-electron chi connectivity index (χ2n) is 6.22. The highest BCUT2D eigenvalue weighted by Crippen LogP contribution is 2.34. The Bertz CT molecular complexity index is 963. The van der Waals surface area contributed by atoms with Gasteiger partial charge < -0.3 is 5.11 Å². The molecule has 3 heteroatoms. The molecule has 0 aliphatic carbocycles. The van der Waals surface area contributed by atoms with E-state index in [-0.39, 0.29) is 5.75 Å². The number of rotatable bonds is 5. The predicted molar refractivity (Wildman–Crippen MR) is 111 cm³/mol. The number of phenols is 1. The van der Waals surface area contributed by atoms with Crippen molar-refractivity contribution in [3.05, 3.63) is 96.7 Å². The van der Waals surface area contributed by atoms with E-state index in [1.54, 1.807) is 6.07 Å². The van der Waals surface area contributed by atoms with Gasteiger partial charge in [0.1, 0.15) is 11.3 Å². The maximum Gasteiger partial charge on any atom is 0.141 e. The minimum Gasteiger partial charge on any atom is -0.506 e. The normalized spacial score (nSPS) is 11.1. The minimum atomic E-state index is -0.428. The van der Waals surface area contributed by atoms with E-state index in [2.05, 4.69) is 66.7 Å². The van der Waals surface area contributed by atoms with Crippen LogP contribution in [0.1, 0.15) is 5.69 Å². The summed E-state index contributed by atoms with van der Waals surface area (Å²) in [6.45, 7) is 0. The second-order valence-corrected chi connectivity index (χ2v) is 8.56. The summed E-state index contributed by atoms with van der Waals surface area (Å²) in [5.74, 6) is 0.248. The average molecular weight is 357 g/mol. The lowest BCUT2D eigenvalue weighted by molar-refractivity contribution is 0.480. The summed E-state index contributed by atoms with van der Waals surface area (Å²) in [4.78, 5) is 4.69. The number of phenolic OH excluding ortho intramolecular Hbond substituents is 1. The van der Waals surface area contributed by atoms with Crippen LogP contribution in [-0.2, 0) is 6.42 Å². The smallest absolute Gasteiger partial charge is 0.141 e. The molecule has 0 unspecified atom stereocenters. The molecule has 3 aromatic carbocycles. The maximum atomic E-state index is 10.1. The molecule has 0 spiro atoms. The van der Waals surface area contributed by atoms with Crippen molar-refractivity contribution in [2.24, 2.45) is 0 Å². The molecule has 0 fully saturated rings. The molecule has 0 aliphatic rings. The summed E-state index contributed by atoms with van der Waals surface area (Å²) in [5.41, 5.74) is 1.71. The first-order chi connectivity index (χ1) is 12.8. The molecule has 2 nitrogen and oxygen atoms in total. The number of aromatic nitrogens is 1. The van der Waals surface area contributed by atoms with Gasteiger partial charge in [-0.05, 0) is 43.2 Å². The zero-order valence-electron chi connectivity index (χ0n) is 14.4. The third kappa shape index (κ3) is 3.61. The number of aryl methyl sites for hydroxylation is 1. The fourth-order valence-corrected chi connectivity index (χ4v) is 5.49. The Morgan fingerprint density at radius 3 is 2.00 bits per heavy atom. The molecule has 0 aliphatic heterocycles. The summed E-state index contributed by atoms with van der Waals surface area (Å²) in [6.07, 6.45) is 1.93. The first-order valence-corrected chi connectivity index (χ1v) is 10.3. The number of para-hydroxylation sites is 1. The van der Waals surface area contributed by atoms with Crippen molar-refractivity contribution < 1.29 is 5.11 Å². The van der Waals surface area contributed by atoms with E-state index in [0.717, 1.165) is 23.7 Å². The van der Waals surface area contributed by atoms with Gasteiger partial charge in [-0.2, -0.15) is 0 Å². The number of nitrogens with zero attached hydrogens (tertiary/aromatic N) is 1. The SMILES string of the molecule is Oc1cccc2ccc(CCP(c3ccccc3)c3ccccc3)nc12. The second kappa shape index (κ2) is 7.68.